The van der Waals surface area contributed by atoms with Crippen LogP contribution in [0.15, 0.2) is 43.9 Å². The summed E-state index contributed by atoms with van der Waals surface area (Å²) in [5.41, 5.74) is 4.92. The summed E-state index contributed by atoms with van der Waals surface area (Å²) in [6.07, 6.45) is 0. The van der Waals surface area contributed by atoms with Crippen molar-refractivity contribution < 1.29 is 38.9 Å². The Hall–Kier alpha value is -1.81. The topological polar surface area (TPSA) is 201 Å². The van der Waals surface area contributed by atoms with Crippen LogP contribution in [-0.4, -0.2) is 50.6 Å². The average Bonchev–Trinajstić information content (AvgIpc) is 2.50. The molecule has 11 nitrogen and oxygen atoms in total. The first-order valence-corrected chi connectivity index (χ1v) is 11.4. The van der Waals surface area contributed by atoms with Crippen molar-refractivity contribution in [2.75, 3.05) is 5.88 Å². The zero-order valence-corrected chi connectivity index (χ0v) is 16.1. The Labute approximate surface area is 158 Å². The summed E-state index contributed by atoms with van der Waals surface area (Å²) in [4.78, 5) is 0.953. The predicted octanol–water partition coefficient (Wildman–Crippen LogP) is 0.807. The van der Waals surface area contributed by atoms with Crippen LogP contribution in [0.5, 0.6) is 0 Å². The third-order valence-corrected chi connectivity index (χ3v) is 6.10. The van der Waals surface area contributed by atoms with Crippen LogP contribution in [0.25, 0.3) is 10.8 Å². The lowest BCUT2D eigenvalue weighted by Gasteiger charge is -2.11. The van der Waals surface area contributed by atoms with Crippen molar-refractivity contribution in [3.8, 4) is 0 Å². The second-order valence-corrected chi connectivity index (χ2v) is 9.59. The van der Waals surface area contributed by atoms with Gasteiger partial charge in [-0.3, -0.25) is 13.7 Å². The third kappa shape index (κ3) is 4.73. The first-order valence-electron chi connectivity index (χ1n) is 6.58. The minimum atomic E-state index is -5.00. The maximum Gasteiger partial charge on any atom is 0.296 e. The van der Waals surface area contributed by atoms with E-state index in [2.05, 4.69) is 4.99 Å². The van der Waals surface area contributed by atoms with Gasteiger partial charge in [-0.15, -0.1) is 11.6 Å². The van der Waals surface area contributed by atoms with Gasteiger partial charge in [0.2, 0.25) is 0 Å². The largest absolute Gasteiger partial charge is 0.386 e. The van der Waals surface area contributed by atoms with Crippen molar-refractivity contribution in [1.29, 1.82) is 0 Å². The maximum atomic E-state index is 11.6. The zero-order valence-electron chi connectivity index (χ0n) is 12.9. The van der Waals surface area contributed by atoms with E-state index in [1.54, 1.807) is 0 Å². The van der Waals surface area contributed by atoms with E-state index in [0.29, 0.717) is 12.1 Å². The molecule has 0 radical (unpaired) electrons. The number of hydrogen-bond acceptors (Lipinski definition) is 7. The average molecular weight is 459 g/mol. The van der Waals surface area contributed by atoms with Crippen molar-refractivity contribution in [2.45, 2.75) is 14.7 Å². The van der Waals surface area contributed by atoms with Gasteiger partial charge in [0.15, 0.2) is 0 Å². The second-order valence-electron chi connectivity index (χ2n) is 5.12. The Balaban J connectivity index is 3.12. The van der Waals surface area contributed by atoms with E-state index in [9.17, 15) is 34.4 Å². The second kappa shape index (κ2) is 6.97. The van der Waals surface area contributed by atoms with Gasteiger partial charge in [-0.25, -0.2) is 4.99 Å². The number of aliphatic imine (C=N–C) groups is 1. The van der Waals surface area contributed by atoms with Gasteiger partial charge >= 0.3 is 0 Å². The molecule has 0 saturated heterocycles. The Bertz CT molecular complexity index is 1280. The van der Waals surface area contributed by atoms with Gasteiger partial charge in [0.25, 0.3) is 30.4 Å². The molecule has 0 aliphatic rings. The number of rotatable bonds is 5. The number of benzene rings is 2. The molecular formula is C12H11ClN2O9S3. The van der Waals surface area contributed by atoms with Crippen molar-refractivity contribution in [3.05, 3.63) is 24.3 Å². The molecule has 0 amide bonds. The lowest BCUT2D eigenvalue weighted by molar-refractivity contribution is 0.480. The monoisotopic (exact) mass is 458 g/mol. The Morgan fingerprint density at radius 3 is 1.89 bits per heavy atom. The molecule has 2 aromatic carbocycles. The molecule has 0 saturated carbocycles. The van der Waals surface area contributed by atoms with Gasteiger partial charge in [0.1, 0.15) is 15.6 Å². The summed E-state index contributed by atoms with van der Waals surface area (Å²) in [6, 6.07) is 2.76. The highest BCUT2D eigenvalue weighted by atomic mass is 35.5. The number of alkyl halides is 1. The first-order chi connectivity index (χ1) is 12.1. The minimum absolute atomic E-state index is 0.274. The molecule has 0 atom stereocenters. The summed E-state index contributed by atoms with van der Waals surface area (Å²) in [5, 5.41) is -0.702. The molecule has 2 rings (SSSR count). The molecule has 0 spiro atoms. The fourth-order valence-electron chi connectivity index (χ4n) is 2.16. The Morgan fingerprint density at radius 2 is 1.44 bits per heavy atom. The minimum Gasteiger partial charge on any atom is -0.386 e. The van der Waals surface area contributed by atoms with Crippen LogP contribution in [0.1, 0.15) is 0 Å². The van der Waals surface area contributed by atoms with Crippen molar-refractivity contribution >= 4 is 64.3 Å². The summed E-state index contributed by atoms with van der Waals surface area (Å²) >= 11 is 5.46. The van der Waals surface area contributed by atoms with Crippen LogP contribution in [0.3, 0.4) is 0 Å². The van der Waals surface area contributed by atoms with Gasteiger partial charge < -0.3 is 5.73 Å². The summed E-state index contributed by atoms with van der Waals surface area (Å²) in [5.74, 6) is -0.598. The number of fused-ring (bicyclic) bond motifs is 1. The molecule has 0 unspecified atom stereocenters. The van der Waals surface area contributed by atoms with Gasteiger partial charge in [-0.2, -0.15) is 25.3 Å². The maximum absolute atomic E-state index is 11.6. The van der Waals surface area contributed by atoms with E-state index in [4.69, 9.17) is 21.9 Å². The van der Waals surface area contributed by atoms with Crippen molar-refractivity contribution in [3.63, 3.8) is 0 Å². The summed E-state index contributed by atoms with van der Waals surface area (Å²) in [6.45, 7) is 0. The number of hydrogen-bond donors (Lipinski definition) is 4. The highest BCUT2D eigenvalue weighted by molar-refractivity contribution is 7.87. The van der Waals surface area contributed by atoms with Crippen molar-refractivity contribution in [1.82, 2.24) is 0 Å². The Kier molecular flexibility index (Phi) is 5.55. The van der Waals surface area contributed by atoms with Crippen LogP contribution in [0, 0.1) is 0 Å². The molecule has 0 bridgehead atoms. The van der Waals surface area contributed by atoms with Crippen LogP contribution in [-0.2, 0) is 30.4 Å². The fourth-order valence-corrected chi connectivity index (χ4v) is 4.21. The van der Waals surface area contributed by atoms with E-state index >= 15 is 0 Å². The van der Waals surface area contributed by atoms with E-state index < -0.39 is 50.7 Å². The molecule has 27 heavy (non-hydrogen) atoms. The number of nitrogens with zero attached hydrogens (tertiary/aromatic N) is 1. The lowest BCUT2D eigenvalue weighted by atomic mass is 10.1. The quantitative estimate of drug-likeness (QED) is 0.215. The van der Waals surface area contributed by atoms with Crippen LogP contribution < -0.4 is 5.73 Å². The fraction of sp³-hybridized carbons (Fsp3) is 0.0833. The van der Waals surface area contributed by atoms with Crippen LogP contribution in [0.2, 0.25) is 0 Å². The highest BCUT2D eigenvalue weighted by Crippen LogP contribution is 2.35. The van der Waals surface area contributed by atoms with Crippen LogP contribution >= 0.6 is 11.6 Å². The summed E-state index contributed by atoms with van der Waals surface area (Å²) < 4.78 is 97.1. The molecular weight excluding hydrogens is 448 g/mol. The molecule has 15 heteroatoms. The zero-order chi connectivity index (χ0) is 20.8. The van der Waals surface area contributed by atoms with Gasteiger partial charge in [-0.1, -0.05) is 0 Å². The Morgan fingerprint density at radius 1 is 0.889 bits per heavy atom. The van der Waals surface area contributed by atoms with Gasteiger partial charge in [0.05, 0.1) is 16.5 Å². The van der Waals surface area contributed by atoms with Crippen molar-refractivity contribution in [2.24, 2.45) is 10.7 Å². The SMILES string of the molecule is NC(CCl)=Nc1cc2c(S(=O)(=O)O)cc(S(=O)(=O)O)cc2cc1S(=O)(=O)O. The molecule has 0 aliphatic carbocycles. The predicted molar refractivity (Wildman–Crippen MR) is 95.4 cm³/mol. The standard InChI is InChI=1S/C12H11ClN2O9S3/c13-5-12(14)15-9-4-8-6(2-11(9)27(22,23)24)1-7(25(16,17)18)3-10(8)26(19,20)21/h1-4H,5H2,(H2,14,15)(H,16,17,18)(H,19,20,21)(H,22,23,24). The van der Waals surface area contributed by atoms with E-state index in [0.717, 1.165) is 12.1 Å². The molecule has 0 aromatic heterocycles. The number of amidine groups is 1. The lowest BCUT2D eigenvalue weighted by Crippen LogP contribution is -2.13. The van der Waals surface area contributed by atoms with E-state index in [-0.39, 0.29) is 22.5 Å². The number of halogens is 1. The first kappa shape index (κ1) is 21.5. The summed E-state index contributed by atoms with van der Waals surface area (Å²) in [7, 11) is -14.8. The molecule has 0 fully saturated rings. The van der Waals surface area contributed by atoms with Gasteiger partial charge in [0, 0.05) is 5.39 Å². The smallest absolute Gasteiger partial charge is 0.296 e. The van der Waals surface area contributed by atoms with E-state index in [1.165, 1.54) is 0 Å². The highest BCUT2D eigenvalue weighted by Gasteiger charge is 2.24. The number of nitrogens with two attached hydrogens (primary N) is 1. The normalized spacial score (nSPS) is 13.9. The van der Waals surface area contributed by atoms with E-state index in [1.807, 2.05) is 0 Å². The molecule has 0 aliphatic heterocycles. The van der Waals surface area contributed by atoms with Gasteiger partial charge in [-0.05, 0) is 29.7 Å². The molecule has 148 valence electrons. The molecule has 0 heterocycles. The molecule has 2 aromatic rings. The van der Waals surface area contributed by atoms with Crippen LogP contribution in [0.4, 0.5) is 5.69 Å². The molecule has 5 N–H and O–H groups in total. The third-order valence-electron chi connectivity index (χ3n) is 3.22.